The Hall–Kier alpha value is -2.74. The molecule has 9 heteroatoms. The van der Waals surface area contributed by atoms with Crippen molar-refractivity contribution in [3.8, 4) is 11.6 Å². The van der Waals surface area contributed by atoms with Crippen LogP contribution < -0.4 is 0 Å². The van der Waals surface area contributed by atoms with E-state index in [9.17, 15) is 4.79 Å². The third-order valence-electron chi connectivity index (χ3n) is 4.82. The lowest BCUT2D eigenvalue weighted by molar-refractivity contribution is 0.0672. The Labute approximate surface area is 167 Å². The molecule has 146 valence electrons. The molecule has 1 fully saturated rings. The van der Waals surface area contributed by atoms with Crippen molar-refractivity contribution in [1.29, 1.82) is 0 Å². The molecular weight excluding hydrogens is 380 g/mol. The average molecular weight is 401 g/mol. The van der Waals surface area contributed by atoms with Gasteiger partial charge in [-0.2, -0.15) is 4.98 Å². The molecule has 1 aromatic carbocycles. The van der Waals surface area contributed by atoms with Crippen LogP contribution in [-0.2, 0) is 0 Å². The topological polar surface area (TPSA) is 89.9 Å². The van der Waals surface area contributed by atoms with E-state index in [1.165, 1.54) is 0 Å². The summed E-state index contributed by atoms with van der Waals surface area (Å²) in [7, 11) is 0. The minimum atomic E-state index is -0.0222. The van der Waals surface area contributed by atoms with Crippen molar-refractivity contribution in [2.75, 3.05) is 13.1 Å². The molecular formula is C19H21ClN6O2. The second-order valence-corrected chi connectivity index (χ2v) is 7.69. The zero-order valence-electron chi connectivity index (χ0n) is 15.7. The number of hydrogen-bond donors (Lipinski definition) is 0. The van der Waals surface area contributed by atoms with Crippen LogP contribution in [0.5, 0.6) is 0 Å². The number of aromatic nitrogens is 5. The molecule has 0 aliphatic carbocycles. The van der Waals surface area contributed by atoms with Crippen molar-refractivity contribution in [3.63, 3.8) is 0 Å². The number of hydrogen-bond acceptors (Lipinski definition) is 6. The zero-order chi connectivity index (χ0) is 19.7. The third-order valence-corrected chi connectivity index (χ3v) is 5.05. The Morgan fingerprint density at radius 3 is 2.96 bits per heavy atom. The zero-order valence-corrected chi connectivity index (χ0v) is 16.5. The largest absolute Gasteiger partial charge is 0.337 e. The normalized spacial score (nSPS) is 17.3. The van der Waals surface area contributed by atoms with E-state index in [-0.39, 0.29) is 17.9 Å². The van der Waals surface area contributed by atoms with Crippen LogP contribution >= 0.6 is 11.6 Å². The summed E-state index contributed by atoms with van der Waals surface area (Å²) in [6.07, 6.45) is 3.61. The molecule has 4 rings (SSSR count). The van der Waals surface area contributed by atoms with Crippen LogP contribution in [0.4, 0.5) is 0 Å². The van der Waals surface area contributed by atoms with Crippen LogP contribution in [0, 0.1) is 0 Å². The second kappa shape index (κ2) is 7.71. The second-order valence-electron chi connectivity index (χ2n) is 7.25. The van der Waals surface area contributed by atoms with E-state index in [1.807, 2.05) is 18.7 Å². The van der Waals surface area contributed by atoms with Crippen LogP contribution in [0.25, 0.3) is 11.6 Å². The summed E-state index contributed by atoms with van der Waals surface area (Å²) in [6.45, 7) is 5.28. The number of rotatable bonds is 4. The van der Waals surface area contributed by atoms with Gasteiger partial charge in [-0.1, -0.05) is 41.9 Å². The van der Waals surface area contributed by atoms with E-state index in [4.69, 9.17) is 16.1 Å². The molecule has 0 N–H and O–H groups in total. The van der Waals surface area contributed by atoms with E-state index >= 15 is 0 Å². The number of likely N-dealkylation sites (tertiary alicyclic amines) is 1. The Kier molecular flexibility index (Phi) is 5.13. The number of benzene rings is 1. The summed E-state index contributed by atoms with van der Waals surface area (Å²) in [5, 5.41) is 12.9. The molecule has 2 aromatic heterocycles. The van der Waals surface area contributed by atoms with Gasteiger partial charge in [-0.3, -0.25) is 4.79 Å². The number of nitrogens with zero attached hydrogens (tertiary/aromatic N) is 6. The number of carbonyl (C=O) groups excluding carboxylic acids is 1. The predicted molar refractivity (Wildman–Crippen MR) is 103 cm³/mol. The maximum atomic E-state index is 12.8. The summed E-state index contributed by atoms with van der Waals surface area (Å²) < 4.78 is 7.07. The van der Waals surface area contributed by atoms with Gasteiger partial charge in [0.05, 0.1) is 12.2 Å². The van der Waals surface area contributed by atoms with E-state index in [0.717, 1.165) is 12.8 Å². The molecule has 1 aliphatic rings. The van der Waals surface area contributed by atoms with Crippen LogP contribution in [0.15, 0.2) is 35.0 Å². The maximum Gasteiger partial charge on any atom is 0.280 e. The lowest BCUT2D eigenvalue weighted by atomic mass is 10.0. The lowest BCUT2D eigenvalue weighted by Crippen LogP contribution is -2.40. The van der Waals surface area contributed by atoms with Crippen molar-refractivity contribution >= 4 is 17.5 Å². The van der Waals surface area contributed by atoms with E-state index in [0.29, 0.717) is 41.1 Å². The summed E-state index contributed by atoms with van der Waals surface area (Å²) in [6, 6.07) is 7.08. The van der Waals surface area contributed by atoms with Crippen molar-refractivity contribution in [3.05, 3.63) is 46.9 Å². The molecule has 3 heterocycles. The fourth-order valence-electron chi connectivity index (χ4n) is 3.29. The van der Waals surface area contributed by atoms with Gasteiger partial charge in [-0.25, -0.2) is 4.68 Å². The van der Waals surface area contributed by atoms with E-state index in [2.05, 4.69) is 20.5 Å². The number of piperidine rings is 1. The SMILES string of the molecule is CC(C)c1noc(-c2cn(C3CCCN(C(=O)c4cccc(Cl)c4)C3)nn2)n1. The molecule has 0 spiro atoms. The molecule has 3 aromatic rings. The van der Waals surface area contributed by atoms with Gasteiger partial charge in [-0.15, -0.1) is 5.10 Å². The van der Waals surface area contributed by atoms with Gasteiger partial charge in [-0.05, 0) is 31.0 Å². The summed E-state index contributed by atoms with van der Waals surface area (Å²) in [5.74, 6) is 1.15. The molecule has 0 saturated carbocycles. The highest BCUT2D eigenvalue weighted by molar-refractivity contribution is 6.30. The van der Waals surface area contributed by atoms with Gasteiger partial charge in [0.2, 0.25) is 0 Å². The Morgan fingerprint density at radius 1 is 1.36 bits per heavy atom. The standard InChI is InChI=1S/C19H21ClN6O2/c1-12(2)17-21-18(28-23-17)16-11-26(24-22-16)15-7-4-8-25(10-15)19(27)13-5-3-6-14(20)9-13/h3,5-6,9,11-12,15H,4,7-8,10H2,1-2H3. The Morgan fingerprint density at radius 2 is 2.21 bits per heavy atom. The minimum absolute atomic E-state index is 0.0222. The number of amides is 1. The molecule has 28 heavy (non-hydrogen) atoms. The predicted octanol–water partition coefficient (Wildman–Crippen LogP) is 3.58. The lowest BCUT2D eigenvalue weighted by Gasteiger charge is -2.32. The molecule has 1 atom stereocenters. The number of halogens is 1. The highest BCUT2D eigenvalue weighted by atomic mass is 35.5. The molecule has 1 aliphatic heterocycles. The first-order valence-electron chi connectivity index (χ1n) is 9.32. The summed E-state index contributed by atoms with van der Waals surface area (Å²) in [5.41, 5.74) is 1.14. The van der Waals surface area contributed by atoms with Crippen molar-refractivity contribution in [2.45, 2.75) is 38.6 Å². The molecule has 0 radical (unpaired) electrons. The Balaban J connectivity index is 1.49. The average Bonchev–Trinajstić information content (AvgIpc) is 3.37. The van der Waals surface area contributed by atoms with Gasteiger partial charge in [0.25, 0.3) is 11.8 Å². The van der Waals surface area contributed by atoms with E-state index in [1.54, 1.807) is 35.1 Å². The molecule has 1 saturated heterocycles. The minimum Gasteiger partial charge on any atom is -0.337 e. The first-order valence-corrected chi connectivity index (χ1v) is 9.69. The van der Waals surface area contributed by atoms with Crippen LogP contribution in [0.2, 0.25) is 5.02 Å². The highest BCUT2D eigenvalue weighted by Gasteiger charge is 2.27. The highest BCUT2D eigenvalue weighted by Crippen LogP contribution is 2.25. The first-order chi connectivity index (χ1) is 13.5. The summed E-state index contributed by atoms with van der Waals surface area (Å²) in [4.78, 5) is 19.0. The van der Waals surface area contributed by atoms with Crippen LogP contribution in [0.1, 0.15) is 54.8 Å². The summed E-state index contributed by atoms with van der Waals surface area (Å²) >= 11 is 6.02. The molecule has 0 bridgehead atoms. The number of carbonyl (C=O) groups is 1. The fraction of sp³-hybridized carbons (Fsp3) is 0.421. The van der Waals surface area contributed by atoms with Gasteiger partial charge in [0.1, 0.15) is 0 Å². The molecule has 1 unspecified atom stereocenters. The van der Waals surface area contributed by atoms with Gasteiger partial charge in [0.15, 0.2) is 11.5 Å². The van der Waals surface area contributed by atoms with Gasteiger partial charge in [0, 0.05) is 29.6 Å². The monoisotopic (exact) mass is 400 g/mol. The van der Waals surface area contributed by atoms with Crippen molar-refractivity contribution in [2.24, 2.45) is 0 Å². The van der Waals surface area contributed by atoms with Gasteiger partial charge < -0.3 is 9.42 Å². The first kappa shape index (κ1) is 18.6. The van der Waals surface area contributed by atoms with Crippen LogP contribution in [0.3, 0.4) is 0 Å². The molecule has 1 amide bonds. The smallest absolute Gasteiger partial charge is 0.280 e. The fourth-order valence-corrected chi connectivity index (χ4v) is 3.48. The maximum absolute atomic E-state index is 12.8. The third kappa shape index (κ3) is 3.77. The quantitative estimate of drug-likeness (QED) is 0.664. The van der Waals surface area contributed by atoms with E-state index < -0.39 is 0 Å². The Bertz CT molecular complexity index is 982. The van der Waals surface area contributed by atoms with Crippen molar-refractivity contribution in [1.82, 2.24) is 30.0 Å². The van der Waals surface area contributed by atoms with Crippen molar-refractivity contribution < 1.29 is 9.32 Å². The van der Waals surface area contributed by atoms with Gasteiger partial charge >= 0.3 is 0 Å². The van der Waals surface area contributed by atoms with Crippen LogP contribution in [-0.4, -0.2) is 49.0 Å². The molecule has 8 nitrogen and oxygen atoms in total.